The second kappa shape index (κ2) is 8.34. The van der Waals surface area contributed by atoms with Crippen LogP contribution in [0.1, 0.15) is 32.6 Å². The van der Waals surface area contributed by atoms with E-state index in [9.17, 15) is 5.11 Å². The van der Waals surface area contributed by atoms with Gasteiger partial charge in [0.25, 0.3) is 0 Å². The van der Waals surface area contributed by atoms with Gasteiger partial charge in [0.1, 0.15) is 0 Å². The van der Waals surface area contributed by atoms with Gasteiger partial charge < -0.3 is 15.2 Å². The fourth-order valence-corrected chi connectivity index (χ4v) is 2.86. The van der Waals surface area contributed by atoms with Crippen molar-refractivity contribution in [3.8, 4) is 0 Å². The lowest BCUT2D eigenvalue weighted by atomic mass is 9.95. The summed E-state index contributed by atoms with van der Waals surface area (Å²) in [4.78, 5) is 0. The van der Waals surface area contributed by atoms with Gasteiger partial charge in [0.15, 0.2) is 0 Å². The van der Waals surface area contributed by atoms with Crippen LogP contribution in [-0.2, 0) is 4.74 Å². The SMILES string of the molecule is CCOCC(O)CNC1CCC(SC)CC1. The smallest absolute Gasteiger partial charge is 0.0897 e. The lowest BCUT2D eigenvalue weighted by molar-refractivity contribution is 0.0407. The van der Waals surface area contributed by atoms with Crippen LogP contribution in [0.4, 0.5) is 0 Å². The minimum Gasteiger partial charge on any atom is -0.389 e. The quantitative estimate of drug-likeness (QED) is 0.718. The highest BCUT2D eigenvalue weighted by atomic mass is 32.2. The Balaban J connectivity index is 2.05. The van der Waals surface area contributed by atoms with Gasteiger partial charge in [0.05, 0.1) is 12.7 Å². The van der Waals surface area contributed by atoms with Gasteiger partial charge in [0.2, 0.25) is 0 Å². The summed E-state index contributed by atoms with van der Waals surface area (Å²) in [5.74, 6) is 0. The van der Waals surface area contributed by atoms with Crippen molar-refractivity contribution in [3.05, 3.63) is 0 Å². The van der Waals surface area contributed by atoms with Crippen LogP contribution in [0.25, 0.3) is 0 Å². The predicted octanol–water partition coefficient (Wildman–Crippen LogP) is 1.65. The van der Waals surface area contributed by atoms with Crippen LogP contribution in [-0.4, -0.2) is 48.5 Å². The Labute approximate surface area is 103 Å². The molecule has 1 fully saturated rings. The van der Waals surface area contributed by atoms with E-state index in [0.29, 0.717) is 25.8 Å². The molecule has 1 aliphatic rings. The first-order valence-electron chi connectivity index (χ1n) is 6.28. The molecule has 1 aliphatic carbocycles. The van der Waals surface area contributed by atoms with Crippen molar-refractivity contribution >= 4 is 11.8 Å². The van der Waals surface area contributed by atoms with E-state index < -0.39 is 0 Å². The zero-order chi connectivity index (χ0) is 11.8. The van der Waals surface area contributed by atoms with E-state index >= 15 is 0 Å². The van der Waals surface area contributed by atoms with Crippen LogP contribution in [0.3, 0.4) is 0 Å². The molecule has 0 aromatic carbocycles. The molecule has 0 spiro atoms. The first-order chi connectivity index (χ1) is 7.76. The average molecular weight is 247 g/mol. The Morgan fingerprint density at radius 1 is 1.38 bits per heavy atom. The molecule has 0 aromatic heterocycles. The first-order valence-corrected chi connectivity index (χ1v) is 7.57. The third-order valence-corrected chi connectivity index (χ3v) is 4.30. The topological polar surface area (TPSA) is 41.5 Å². The minimum atomic E-state index is -0.363. The molecule has 0 bridgehead atoms. The molecule has 0 radical (unpaired) electrons. The van der Waals surface area contributed by atoms with Crippen molar-refractivity contribution in [2.75, 3.05) is 26.0 Å². The van der Waals surface area contributed by atoms with Crippen molar-refractivity contribution < 1.29 is 9.84 Å². The maximum Gasteiger partial charge on any atom is 0.0897 e. The molecule has 1 saturated carbocycles. The van der Waals surface area contributed by atoms with E-state index in [4.69, 9.17) is 4.74 Å². The van der Waals surface area contributed by atoms with Crippen molar-refractivity contribution in [2.45, 2.75) is 50.0 Å². The summed E-state index contributed by atoms with van der Waals surface area (Å²) in [6.45, 7) is 3.73. The largest absolute Gasteiger partial charge is 0.389 e. The van der Waals surface area contributed by atoms with Crippen LogP contribution in [0.5, 0.6) is 0 Å². The van der Waals surface area contributed by atoms with Crippen LogP contribution in [0.2, 0.25) is 0 Å². The Morgan fingerprint density at radius 3 is 2.62 bits per heavy atom. The molecule has 0 heterocycles. The molecule has 0 aliphatic heterocycles. The normalized spacial score (nSPS) is 27.9. The van der Waals surface area contributed by atoms with Crippen molar-refractivity contribution in [1.82, 2.24) is 5.32 Å². The third kappa shape index (κ3) is 5.53. The molecule has 1 atom stereocenters. The monoisotopic (exact) mass is 247 g/mol. The van der Waals surface area contributed by atoms with E-state index in [-0.39, 0.29) is 6.10 Å². The fraction of sp³-hybridized carbons (Fsp3) is 1.00. The fourth-order valence-electron chi connectivity index (χ4n) is 2.12. The van der Waals surface area contributed by atoms with E-state index in [2.05, 4.69) is 11.6 Å². The zero-order valence-corrected chi connectivity index (χ0v) is 11.3. The van der Waals surface area contributed by atoms with Crippen molar-refractivity contribution in [2.24, 2.45) is 0 Å². The molecule has 3 nitrogen and oxygen atoms in total. The number of thioether (sulfide) groups is 1. The van der Waals surface area contributed by atoms with Gasteiger partial charge in [-0.05, 0) is 38.9 Å². The second-order valence-corrected chi connectivity index (χ2v) is 5.57. The zero-order valence-electron chi connectivity index (χ0n) is 10.4. The summed E-state index contributed by atoms with van der Waals surface area (Å²) >= 11 is 1.99. The molecule has 0 aromatic rings. The van der Waals surface area contributed by atoms with Crippen LogP contribution < -0.4 is 5.32 Å². The number of nitrogens with one attached hydrogen (secondary N) is 1. The summed E-state index contributed by atoms with van der Waals surface area (Å²) in [5, 5.41) is 13.9. The van der Waals surface area contributed by atoms with Gasteiger partial charge in [-0.2, -0.15) is 11.8 Å². The van der Waals surface area contributed by atoms with Crippen molar-refractivity contribution in [3.63, 3.8) is 0 Å². The first kappa shape index (κ1) is 14.3. The average Bonchev–Trinajstić information content (AvgIpc) is 2.34. The highest BCUT2D eigenvalue weighted by Gasteiger charge is 2.20. The number of aliphatic hydroxyl groups excluding tert-OH is 1. The maximum atomic E-state index is 9.62. The third-order valence-electron chi connectivity index (χ3n) is 3.16. The lowest BCUT2D eigenvalue weighted by Crippen LogP contribution is -2.39. The second-order valence-electron chi connectivity index (χ2n) is 4.43. The van der Waals surface area contributed by atoms with Crippen LogP contribution >= 0.6 is 11.8 Å². The van der Waals surface area contributed by atoms with Gasteiger partial charge in [-0.25, -0.2) is 0 Å². The summed E-state index contributed by atoms with van der Waals surface area (Å²) < 4.78 is 5.18. The number of rotatable bonds is 7. The summed E-state index contributed by atoms with van der Waals surface area (Å²) in [6, 6.07) is 0.597. The molecule has 0 amide bonds. The summed E-state index contributed by atoms with van der Waals surface area (Å²) in [7, 11) is 0. The van der Waals surface area contributed by atoms with Gasteiger partial charge in [-0.3, -0.25) is 0 Å². The molecule has 4 heteroatoms. The van der Waals surface area contributed by atoms with Gasteiger partial charge >= 0.3 is 0 Å². The molecule has 0 saturated heterocycles. The Bertz CT molecular complexity index is 172. The van der Waals surface area contributed by atoms with Crippen molar-refractivity contribution in [1.29, 1.82) is 0 Å². The minimum absolute atomic E-state index is 0.363. The summed E-state index contributed by atoms with van der Waals surface area (Å²) in [5.41, 5.74) is 0. The van der Waals surface area contributed by atoms with Crippen LogP contribution in [0, 0.1) is 0 Å². The predicted molar refractivity (Wildman–Crippen MR) is 70.1 cm³/mol. The number of hydrogen-bond donors (Lipinski definition) is 2. The molecular weight excluding hydrogens is 222 g/mol. The molecule has 2 N–H and O–H groups in total. The van der Waals surface area contributed by atoms with E-state index in [1.54, 1.807) is 0 Å². The van der Waals surface area contributed by atoms with Gasteiger partial charge in [0, 0.05) is 24.4 Å². The van der Waals surface area contributed by atoms with Gasteiger partial charge in [-0.1, -0.05) is 0 Å². The standard InChI is InChI=1S/C12H25NO2S/c1-3-15-9-11(14)8-13-10-4-6-12(16-2)7-5-10/h10-14H,3-9H2,1-2H3. The lowest BCUT2D eigenvalue weighted by Gasteiger charge is -2.28. The number of hydrogen-bond acceptors (Lipinski definition) is 4. The Morgan fingerprint density at radius 2 is 2.06 bits per heavy atom. The number of ether oxygens (including phenoxy) is 1. The molecule has 1 unspecified atom stereocenters. The van der Waals surface area contributed by atoms with E-state index in [1.165, 1.54) is 25.7 Å². The van der Waals surface area contributed by atoms with Crippen LogP contribution in [0.15, 0.2) is 0 Å². The molecule has 96 valence electrons. The maximum absolute atomic E-state index is 9.62. The Kier molecular flexibility index (Phi) is 7.45. The Hall–Kier alpha value is 0.230. The molecule has 16 heavy (non-hydrogen) atoms. The molecule has 1 rings (SSSR count). The van der Waals surface area contributed by atoms with Gasteiger partial charge in [-0.15, -0.1) is 0 Å². The number of aliphatic hydroxyl groups is 1. The highest BCUT2D eigenvalue weighted by molar-refractivity contribution is 7.99. The van der Waals surface area contributed by atoms with E-state index in [0.717, 1.165) is 5.25 Å². The molecular formula is C12H25NO2S. The highest BCUT2D eigenvalue weighted by Crippen LogP contribution is 2.26. The van der Waals surface area contributed by atoms with E-state index in [1.807, 2.05) is 18.7 Å². The summed E-state index contributed by atoms with van der Waals surface area (Å²) in [6.07, 6.45) is 6.93.